The summed E-state index contributed by atoms with van der Waals surface area (Å²) in [6.07, 6.45) is 1.54. The van der Waals surface area contributed by atoms with Crippen LogP contribution < -0.4 is 5.32 Å². The number of rotatable bonds is 5. The van der Waals surface area contributed by atoms with E-state index in [9.17, 15) is 0 Å². The highest BCUT2D eigenvalue weighted by Gasteiger charge is 2.06. The van der Waals surface area contributed by atoms with Gasteiger partial charge in [0, 0.05) is 13.0 Å². The second-order valence-electron chi connectivity index (χ2n) is 3.27. The van der Waals surface area contributed by atoms with Crippen LogP contribution in [0.4, 0.5) is 0 Å². The summed E-state index contributed by atoms with van der Waals surface area (Å²) in [5, 5.41) is 11.1. The first kappa shape index (κ1) is 10.3. The molecule has 0 spiro atoms. The zero-order valence-electron chi connectivity index (χ0n) is 8.56. The van der Waals surface area contributed by atoms with Crippen LogP contribution in [0.2, 0.25) is 0 Å². The van der Waals surface area contributed by atoms with Crippen LogP contribution >= 0.6 is 11.3 Å². The number of nitrogens with zero attached hydrogens (tertiary/aromatic N) is 2. The largest absolute Gasteiger partial charge is 0.339 e. The number of likely N-dealkylation sites (N-methyl/N-ethyl adjacent to an activating group) is 1. The lowest BCUT2D eigenvalue weighted by molar-refractivity contribution is 0.379. The fourth-order valence-corrected chi connectivity index (χ4v) is 1.94. The van der Waals surface area contributed by atoms with E-state index in [1.165, 1.54) is 5.56 Å². The molecule has 15 heavy (non-hydrogen) atoms. The maximum Gasteiger partial charge on any atom is 0.231 e. The highest BCUT2D eigenvalue weighted by atomic mass is 32.1. The van der Waals surface area contributed by atoms with Gasteiger partial charge in [-0.05, 0) is 29.4 Å². The Bertz CT molecular complexity index is 396. The molecule has 0 amide bonds. The third kappa shape index (κ3) is 2.87. The van der Waals surface area contributed by atoms with Crippen molar-refractivity contribution in [3.05, 3.63) is 34.1 Å². The van der Waals surface area contributed by atoms with E-state index in [1.807, 2.05) is 12.4 Å². The van der Waals surface area contributed by atoms with Crippen LogP contribution in [-0.2, 0) is 12.8 Å². The number of thiophene rings is 1. The smallest absolute Gasteiger partial charge is 0.231 e. The van der Waals surface area contributed by atoms with E-state index < -0.39 is 0 Å². The lowest BCUT2D eigenvalue weighted by Crippen LogP contribution is -2.11. The highest BCUT2D eigenvalue weighted by molar-refractivity contribution is 7.07. The zero-order chi connectivity index (χ0) is 10.5. The summed E-state index contributed by atoms with van der Waals surface area (Å²) in [4.78, 5) is 4.31. The fourth-order valence-electron chi connectivity index (χ4n) is 1.27. The highest BCUT2D eigenvalue weighted by Crippen LogP contribution is 2.11. The van der Waals surface area contributed by atoms with Gasteiger partial charge in [0.1, 0.15) is 0 Å². The van der Waals surface area contributed by atoms with Crippen molar-refractivity contribution in [1.29, 1.82) is 0 Å². The molecule has 0 saturated heterocycles. The van der Waals surface area contributed by atoms with Gasteiger partial charge < -0.3 is 9.84 Å². The molecule has 0 unspecified atom stereocenters. The summed E-state index contributed by atoms with van der Waals surface area (Å²) in [6.45, 7) is 0.872. The molecule has 2 rings (SSSR count). The van der Waals surface area contributed by atoms with Gasteiger partial charge in [-0.25, -0.2) is 0 Å². The van der Waals surface area contributed by atoms with Crippen molar-refractivity contribution in [2.75, 3.05) is 13.6 Å². The van der Waals surface area contributed by atoms with Gasteiger partial charge in [0.25, 0.3) is 0 Å². The Hall–Kier alpha value is -1.20. The molecule has 0 fully saturated rings. The monoisotopic (exact) mass is 223 g/mol. The standard InChI is InChI=1S/C10H13N3OS/c1-11-4-2-9-12-10(14-13-9)6-8-3-5-15-7-8/h3,5,7,11H,2,4,6H2,1H3. The Kier molecular flexibility index (Phi) is 3.47. The summed E-state index contributed by atoms with van der Waals surface area (Å²) in [5.41, 5.74) is 1.23. The van der Waals surface area contributed by atoms with Crippen LogP contribution in [0.3, 0.4) is 0 Å². The SMILES string of the molecule is CNCCc1noc(Cc2ccsc2)n1. The molecule has 4 nitrogen and oxygen atoms in total. The van der Waals surface area contributed by atoms with Crippen molar-refractivity contribution in [2.45, 2.75) is 12.8 Å². The lowest BCUT2D eigenvalue weighted by Gasteiger charge is -1.91. The fraction of sp³-hybridized carbons (Fsp3) is 0.400. The molecule has 0 bridgehead atoms. The van der Waals surface area contributed by atoms with Crippen LogP contribution in [0.5, 0.6) is 0 Å². The van der Waals surface area contributed by atoms with Crippen molar-refractivity contribution < 1.29 is 4.52 Å². The summed E-state index contributed by atoms with van der Waals surface area (Å²) in [6, 6.07) is 2.07. The Labute approximate surface area is 92.3 Å². The topological polar surface area (TPSA) is 51.0 Å². The summed E-state index contributed by atoms with van der Waals surface area (Å²) < 4.78 is 5.15. The van der Waals surface area contributed by atoms with Crippen molar-refractivity contribution in [2.24, 2.45) is 0 Å². The van der Waals surface area contributed by atoms with Crippen LogP contribution in [-0.4, -0.2) is 23.7 Å². The Morgan fingerprint density at radius 3 is 3.20 bits per heavy atom. The molecular weight excluding hydrogens is 210 g/mol. The van der Waals surface area contributed by atoms with E-state index in [1.54, 1.807) is 11.3 Å². The average Bonchev–Trinajstić information content (AvgIpc) is 2.87. The zero-order valence-corrected chi connectivity index (χ0v) is 9.38. The van der Waals surface area contributed by atoms with Crippen LogP contribution in [0.25, 0.3) is 0 Å². The second kappa shape index (κ2) is 5.04. The van der Waals surface area contributed by atoms with Gasteiger partial charge in [-0.1, -0.05) is 5.16 Å². The molecular formula is C10H13N3OS. The van der Waals surface area contributed by atoms with E-state index >= 15 is 0 Å². The van der Waals surface area contributed by atoms with Crippen molar-refractivity contribution in [3.63, 3.8) is 0 Å². The van der Waals surface area contributed by atoms with E-state index in [2.05, 4.69) is 26.9 Å². The molecule has 0 radical (unpaired) electrons. The summed E-state index contributed by atoms with van der Waals surface area (Å²) in [5.74, 6) is 1.47. The molecule has 0 saturated carbocycles. The van der Waals surface area contributed by atoms with Gasteiger partial charge in [0.15, 0.2) is 5.82 Å². The van der Waals surface area contributed by atoms with Gasteiger partial charge in [0.2, 0.25) is 5.89 Å². The van der Waals surface area contributed by atoms with E-state index in [0.717, 1.165) is 25.2 Å². The normalized spacial score (nSPS) is 10.7. The average molecular weight is 223 g/mol. The van der Waals surface area contributed by atoms with Crippen molar-refractivity contribution in [3.8, 4) is 0 Å². The Morgan fingerprint density at radius 2 is 2.47 bits per heavy atom. The number of hydrogen-bond donors (Lipinski definition) is 1. The molecule has 0 aliphatic rings. The van der Waals surface area contributed by atoms with Crippen LogP contribution in [0, 0.1) is 0 Å². The predicted octanol–water partition coefficient (Wildman–Crippen LogP) is 1.48. The summed E-state index contributed by atoms with van der Waals surface area (Å²) >= 11 is 1.68. The third-order valence-electron chi connectivity index (χ3n) is 2.04. The predicted molar refractivity (Wildman–Crippen MR) is 59.1 cm³/mol. The molecule has 1 N–H and O–H groups in total. The Morgan fingerprint density at radius 1 is 1.53 bits per heavy atom. The molecule has 2 aromatic heterocycles. The lowest BCUT2D eigenvalue weighted by atomic mass is 10.2. The molecule has 0 atom stereocenters. The first-order valence-electron chi connectivity index (χ1n) is 4.85. The molecule has 80 valence electrons. The van der Waals surface area contributed by atoms with Gasteiger partial charge >= 0.3 is 0 Å². The molecule has 0 aromatic carbocycles. The van der Waals surface area contributed by atoms with E-state index in [4.69, 9.17) is 4.52 Å². The van der Waals surface area contributed by atoms with Gasteiger partial charge in [-0.2, -0.15) is 16.3 Å². The Balaban J connectivity index is 1.95. The molecule has 2 aromatic rings. The quantitative estimate of drug-likeness (QED) is 0.834. The first-order valence-corrected chi connectivity index (χ1v) is 5.80. The summed E-state index contributed by atoms with van der Waals surface area (Å²) in [7, 11) is 1.91. The third-order valence-corrected chi connectivity index (χ3v) is 2.78. The molecule has 0 aliphatic heterocycles. The van der Waals surface area contributed by atoms with Gasteiger partial charge in [-0.15, -0.1) is 0 Å². The minimum Gasteiger partial charge on any atom is -0.339 e. The minimum atomic E-state index is 0.694. The molecule has 2 heterocycles. The molecule has 5 heteroatoms. The second-order valence-corrected chi connectivity index (χ2v) is 4.05. The molecule has 0 aliphatic carbocycles. The maximum absolute atomic E-state index is 5.15. The van der Waals surface area contributed by atoms with Crippen molar-refractivity contribution >= 4 is 11.3 Å². The van der Waals surface area contributed by atoms with Crippen LogP contribution in [0.15, 0.2) is 21.3 Å². The number of hydrogen-bond acceptors (Lipinski definition) is 5. The number of aromatic nitrogens is 2. The van der Waals surface area contributed by atoms with Crippen molar-refractivity contribution in [1.82, 2.24) is 15.5 Å². The van der Waals surface area contributed by atoms with E-state index in [0.29, 0.717) is 5.89 Å². The van der Waals surface area contributed by atoms with Crippen LogP contribution in [0.1, 0.15) is 17.3 Å². The first-order chi connectivity index (χ1) is 7.38. The maximum atomic E-state index is 5.15. The van der Waals surface area contributed by atoms with E-state index in [-0.39, 0.29) is 0 Å². The van der Waals surface area contributed by atoms with Gasteiger partial charge in [0.05, 0.1) is 6.42 Å². The van der Waals surface area contributed by atoms with Gasteiger partial charge in [-0.3, -0.25) is 0 Å². The number of nitrogens with one attached hydrogen (secondary N) is 1. The minimum absolute atomic E-state index is 0.694.